The fourth-order valence-corrected chi connectivity index (χ4v) is 1.95. The molecule has 1 heterocycles. The lowest BCUT2D eigenvalue weighted by atomic mass is 10.2. The van der Waals surface area contributed by atoms with E-state index in [2.05, 4.69) is 22.4 Å². The molecule has 0 unspecified atom stereocenters. The molecule has 17 heavy (non-hydrogen) atoms. The number of nitrogens with one attached hydrogen (secondary N) is 1. The Bertz CT molecular complexity index is 382. The second-order valence-electron chi connectivity index (χ2n) is 4.34. The highest BCUT2D eigenvalue weighted by Gasteiger charge is 2.13. The second-order valence-corrected chi connectivity index (χ2v) is 4.78. The molecule has 1 aromatic rings. The Kier molecular flexibility index (Phi) is 3.93. The highest BCUT2D eigenvalue weighted by molar-refractivity contribution is 7.80. The lowest BCUT2D eigenvalue weighted by Gasteiger charge is -2.33. The number of rotatable bonds is 3. The first kappa shape index (κ1) is 12.3. The number of nitrogens with zero attached hydrogens (tertiary/aromatic N) is 2. The third kappa shape index (κ3) is 3.39. The number of hydrogen-bond acceptors (Lipinski definition) is 4. The highest BCUT2D eigenvalue weighted by Crippen LogP contribution is 2.11. The smallest absolute Gasteiger partial charge is 0.103 e. The summed E-state index contributed by atoms with van der Waals surface area (Å²) < 4.78 is 0. The van der Waals surface area contributed by atoms with Crippen LogP contribution in [0.1, 0.15) is 5.56 Å². The molecule has 0 spiro atoms. The normalized spacial score (nSPS) is 17.9. The van der Waals surface area contributed by atoms with E-state index in [0.29, 0.717) is 4.99 Å². The number of thiocarbonyl (C=S) groups is 1. The summed E-state index contributed by atoms with van der Waals surface area (Å²) in [5, 5.41) is 2.23. The summed E-state index contributed by atoms with van der Waals surface area (Å²) >= 11 is 4.92. The first-order valence-electron chi connectivity index (χ1n) is 5.75. The van der Waals surface area contributed by atoms with Crippen LogP contribution in [-0.2, 0) is 0 Å². The lowest BCUT2D eigenvalue weighted by molar-refractivity contribution is 0.179. The molecule has 1 saturated heterocycles. The summed E-state index contributed by atoms with van der Waals surface area (Å²) in [5.41, 5.74) is 10.9. The maximum absolute atomic E-state index is 5.56. The number of hydrazine groups is 1. The van der Waals surface area contributed by atoms with Crippen molar-refractivity contribution in [2.75, 3.05) is 38.7 Å². The van der Waals surface area contributed by atoms with Crippen LogP contribution in [0.25, 0.3) is 0 Å². The van der Waals surface area contributed by atoms with Crippen molar-refractivity contribution < 1.29 is 0 Å². The maximum Gasteiger partial charge on any atom is 0.103 e. The van der Waals surface area contributed by atoms with E-state index in [1.165, 1.54) is 0 Å². The molecule has 0 aromatic heterocycles. The van der Waals surface area contributed by atoms with Crippen molar-refractivity contribution in [2.45, 2.75) is 0 Å². The van der Waals surface area contributed by atoms with Gasteiger partial charge in [0, 0.05) is 37.4 Å². The van der Waals surface area contributed by atoms with Crippen molar-refractivity contribution in [3.63, 3.8) is 0 Å². The zero-order chi connectivity index (χ0) is 12.3. The number of hydrogen-bond donors (Lipinski definition) is 2. The van der Waals surface area contributed by atoms with E-state index in [9.17, 15) is 0 Å². The zero-order valence-electron chi connectivity index (χ0n) is 10.0. The van der Waals surface area contributed by atoms with Gasteiger partial charge in [-0.15, -0.1) is 0 Å². The fourth-order valence-electron chi connectivity index (χ4n) is 1.81. The van der Waals surface area contributed by atoms with E-state index in [1.807, 2.05) is 24.3 Å². The molecule has 0 radical (unpaired) electrons. The van der Waals surface area contributed by atoms with Gasteiger partial charge < -0.3 is 16.1 Å². The van der Waals surface area contributed by atoms with Crippen molar-refractivity contribution >= 4 is 22.9 Å². The Labute approximate surface area is 107 Å². The Balaban J connectivity index is 1.92. The molecule has 1 aliphatic heterocycles. The Hall–Kier alpha value is -1.17. The van der Waals surface area contributed by atoms with E-state index >= 15 is 0 Å². The summed E-state index contributed by atoms with van der Waals surface area (Å²) in [6.07, 6.45) is 0. The van der Waals surface area contributed by atoms with Gasteiger partial charge in [0.2, 0.25) is 0 Å². The average Bonchev–Trinajstić information content (AvgIpc) is 2.33. The van der Waals surface area contributed by atoms with Gasteiger partial charge in [-0.1, -0.05) is 12.2 Å². The van der Waals surface area contributed by atoms with Gasteiger partial charge in [0.05, 0.1) is 0 Å². The van der Waals surface area contributed by atoms with Crippen LogP contribution in [0.5, 0.6) is 0 Å². The van der Waals surface area contributed by atoms with Gasteiger partial charge in [-0.3, -0.25) is 0 Å². The quantitative estimate of drug-likeness (QED) is 0.780. The molecule has 5 heteroatoms. The van der Waals surface area contributed by atoms with E-state index in [4.69, 9.17) is 18.0 Å². The van der Waals surface area contributed by atoms with Crippen LogP contribution in [0.2, 0.25) is 0 Å². The number of likely N-dealkylation sites (N-methyl/N-ethyl adjacent to an activating group) is 1. The summed E-state index contributed by atoms with van der Waals surface area (Å²) in [7, 11) is 2.15. The molecule has 2 rings (SSSR count). The molecule has 0 bridgehead atoms. The van der Waals surface area contributed by atoms with Crippen LogP contribution < -0.4 is 11.2 Å². The van der Waals surface area contributed by atoms with Crippen LogP contribution in [0.15, 0.2) is 24.3 Å². The van der Waals surface area contributed by atoms with Crippen molar-refractivity contribution in [3.05, 3.63) is 29.8 Å². The SMILES string of the molecule is CN1CCN(Nc2ccc(C(N)=S)cc2)CC1. The van der Waals surface area contributed by atoms with Crippen LogP contribution in [-0.4, -0.2) is 48.1 Å². The predicted molar refractivity (Wildman–Crippen MR) is 75.0 cm³/mol. The minimum atomic E-state index is 0.441. The van der Waals surface area contributed by atoms with Crippen molar-refractivity contribution in [2.24, 2.45) is 5.73 Å². The number of anilines is 1. The lowest BCUT2D eigenvalue weighted by Crippen LogP contribution is -2.46. The van der Waals surface area contributed by atoms with Gasteiger partial charge in [-0.05, 0) is 31.3 Å². The van der Waals surface area contributed by atoms with Crippen molar-refractivity contribution in [3.8, 4) is 0 Å². The molecule has 1 fully saturated rings. The number of nitrogens with two attached hydrogens (primary N) is 1. The summed E-state index contributed by atoms with van der Waals surface area (Å²) in [4.78, 5) is 2.77. The third-order valence-corrected chi connectivity index (χ3v) is 3.20. The van der Waals surface area contributed by atoms with Gasteiger partial charge in [-0.25, -0.2) is 5.01 Å². The minimum Gasteiger partial charge on any atom is -0.389 e. The first-order chi connectivity index (χ1) is 8.15. The van der Waals surface area contributed by atoms with E-state index < -0.39 is 0 Å². The Morgan fingerprint density at radius 3 is 2.29 bits per heavy atom. The van der Waals surface area contributed by atoms with E-state index in [-0.39, 0.29) is 0 Å². The monoisotopic (exact) mass is 250 g/mol. The molecule has 0 atom stereocenters. The zero-order valence-corrected chi connectivity index (χ0v) is 10.8. The summed E-state index contributed by atoms with van der Waals surface area (Å²) in [6.45, 7) is 4.26. The molecule has 4 nitrogen and oxygen atoms in total. The maximum atomic E-state index is 5.56. The van der Waals surface area contributed by atoms with Crippen molar-refractivity contribution in [1.82, 2.24) is 9.91 Å². The largest absolute Gasteiger partial charge is 0.389 e. The average molecular weight is 250 g/mol. The van der Waals surface area contributed by atoms with Crippen LogP contribution >= 0.6 is 12.2 Å². The Morgan fingerprint density at radius 1 is 1.18 bits per heavy atom. The minimum absolute atomic E-state index is 0.441. The highest BCUT2D eigenvalue weighted by atomic mass is 32.1. The summed E-state index contributed by atoms with van der Waals surface area (Å²) in [5.74, 6) is 0. The second kappa shape index (κ2) is 5.44. The Morgan fingerprint density at radius 2 is 1.76 bits per heavy atom. The summed E-state index contributed by atoms with van der Waals surface area (Å²) in [6, 6.07) is 7.90. The van der Waals surface area contributed by atoms with Crippen LogP contribution in [0.3, 0.4) is 0 Å². The molecule has 0 amide bonds. The third-order valence-electron chi connectivity index (χ3n) is 2.96. The molecule has 0 aliphatic carbocycles. The molecule has 1 aliphatic rings. The van der Waals surface area contributed by atoms with E-state index in [1.54, 1.807) is 0 Å². The fraction of sp³-hybridized carbons (Fsp3) is 0.417. The standard InChI is InChI=1S/C12H18N4S/c1-15-6-8-16(9-7-15)14-11-4-2-10(3-5-11)12(13)17/h2-5,14H,6-9H2,1H3,(H2,13,17). The van der Waals surface area contributed by atoms with Gasteiger partial charge in [0.1, 0.15) is 4.99 Å². The molecule has 1 aromatic carbocycles. The number of piperazine rings is 1. The van der Waals surface area contributed by atoms with Gasteiger partial charge >= 0.3 is 0 Å². The molecule has 0 saturated carbocycles. The molecule has 92 valence electrons. The first-order valence-corrected chi connectivity index (χ1v) is 6.16. The predicted octanol–water partition coefficient (Wildman–Crippen LogP) is 0.895. The van der Waals surface area contributed by atoms with Gasteiger partial charge in [-0.2, -0.15) is 0 Å². The van der Waals surface area contributed by atoms with Crippen molar-refractivity contribution in [1.29, 1.82) is 0 Å². The number of benzene rings is 1. The van der Waals surface area contributed by atoms with Gasteiger partial charge in [0.25, 0.3) is 0 Å². The topological polar surface area (TPSA) is 44.5 Å². The van der Waals surface area contributed by atoms with Gasteiger partial charge in [0.15, 0.2) is 0 Å². The van der Waals surface area contributed by atoms with Crippen LogP contribution in [0, 0.1) is 0 Å². The molecule has 3 N–H and O–H groups in total. The van der Waals surface area contributed by atoms with Crippen LogP contribution in [0.4, 0.5) is 5.69 Å². The van der Waals surface area contributed by atoms with E-state index in [0.717, 1.165) is 37.4 Å². The molecular formula is C12H18N4S. The molecular weight excluding hydrogens is 232 g/mol.